The van der Waals surface area contributed by atoms with Crippen LogP contribution in [0.25, 0.3) is 0 Å². The number of hydrogen-bond donors (Lipinski definition) is 2. The van der Waals surface area contributed by atoms with Crippen LogP contribution in [0.5, 0.6) is 0 Å². The van der Waals surface area contributed by atoms with E-state index in [1.807, 2.05) is 13.8 Å². The van der Waals surface area contributed by atoms with E-state index in [1.165, 1.54) is 0 Å². The van der Waals surface area contributed by atoms with Gasteiger partial charge in [-0.1, -0.05) is 13.8 Å². The van der Waals surface area contributed by atoms with Crippen LogP contribution in [0.1, 0.15) is 13.8 Å². The minimum atomic E-state index is -1.13. The van der Waals surface area contributed by atoms with Crippen LogP contribution in [0.15, 0.2) is 0 Å². The molecule has 2 N–H and O–H groups in total. The average Bonchev–Trinajstić information content (AvgIpc) is 1.27. The molecule has 0 aromatic heterocycles. The quantitative estimate of drug-likeness (QED) is 0.537. The Morgan fingerprint density at radius 3 is 1.75 bits per heavy atom. The normalized spacial score (nSPS) is 8.62. The summed E-state index contributed by atoms with van der Waals surface area (Å²) >= 11 is 0. The number of hydrogen-bond acceptors (Lipinski definition) is 2. The summed E-state index contributed by atoms with van der Waals surface area (Å²) in [6, 6.07) is 0. The summed E-state index contributed by atoms with van der Waals surface area (Å²) in [4.78, 5) is 0. The van der Waals surface area contributed by atoms with Gasteiger partial charge in [0.05, 0.1) is 0 Å². The molecule has 50 valence electrons. The van der Waals surface area contributed by atoms with Gasteiger partial charge in [-0.15, -0.1) is 0 Å². The second-order valence-corrected chi connectivity index (χ2v) is 2.11. The predicted octanol–water partition coefficient (Wildman–Crippen LogP) is 0.115. The molecule has 8 heavy (non-hydrogen) atoms. The van der Waals surface area contributed by atoms with Gasteiger partial charge in [0, 0.05) is 37.7 Å². The fraction of sp³-hybridized carbons (Fsp3) is 1.00. The fourth-order valence-corrected chi connectivity index (χ4v) is 0.422. The largest absolute Gasteiger partial charge is 0.451 e. The summed E-state index contributed by atoms with van der Waals surface area (Å²) in [5, 5.41) is 16.6. The monoisotopic (exact) mass is 142 g/mol. The van der Waals surface area contributed by atoms with E-state index in [0.717, 1.165) is 0 Å². The van der Waals surface area contributed by atoms with Crippen molar-refractivity contribution in [3.63, 3.8) is 0 Å². The molecule has 0 aromatic carbocycles. The van der Waals surface area contributed by atoms with Crippen molar-refractivity contribution in [2.75, 3.05) is 0 Å². The minimum Gasteiger partial charge on any atom is -0.427 e. The van der Waals surface area contributed by atoms with Gasteiger partial charge in [-0.3, -0.25) is 0 Å². The van der Waals surface area contributed by atoms with Gasteiger partial charge in [-0.25, -0.2) is 0 Å². The first-order valence-electron chi connectivity index (χ1n) is 2.49. The molecule has 0 radical (unpaired) electrons. The molecule has 0 aliphatic heterocycles. The second-order valence-electron chi connectivity index (χ2n) is 2.11. The van der Waals surface area contributed by atoms with E-state index in [4.69, 9.17) is 10.0 Å². The molecule has 2 nitrogen and oxygen atoms in total. The zero-order chi connectivity index (χ0) is 5.86. The second kappa shape index (κ2) is 6.37. The molecular weight excluding hydrogens is 131 g/mol. The Bertz CT molecular complexity index is 43.3. The van der Waals surface area contributed by atoms with E-state index in [-0.39, 0.29) is 37.7 Å². The average molecular weight is 142 g/mol. The van der Waals surface area contributed by atoms with Crippen LogP contribution in [-0.4, -0.2) is 17.2 Å². The van der Waals surface area contributed by atoms with Crippen molar-refractivity contribution in [3.8, 4) is 0 Å². The molecule has 0 aromatic rings. The third-order valence-electron chi connectivity index (χ3n) is 0.682. The van der Waals surface area contributed by atoms with Gasteiger partial charge in [0.1, 0.15) is 0 Å². The summed E-state index contributed by atoms with van der Waals surface area (Å²) in [5.41, 5.74) is 0. The van der Waals surface area contributed by atoms with Crippen LogP contribution < -0.4 is 0 Å². The third-order valence-corrected chi connectivity index (χ3v) is 0.682. The molecule has 0 unspecified atom stereocenters. The molecule has 0 saturated carbocycles. The fourth-order valence-electron chi connectivity index (χ4n) is 0.422. The van der Waals surface area contributed by atoms with Gasteiger partial charge in [0.15, 0.2) is 0 Å². The Balaban J connectivity index is 0. The van der Waals surface area contributed by atoms with Crippen molar-refractivity contribution >= 4 is 7.12 Å². The number of rotatable bonds is 2. The zero-order valence-electron chi connectivity index (χ0n) is 5.11. The van der Waals surface area contributed by atoms with Crippen LogP contribution in [0, 0.1) is 43.7 Å². The van der Waals surface area contributed by atoms with Gasteiger partial charge in [-0.2, -0.15) is 0 Å². The minimum absolute atomic E-state index is 0. The Morgan fingerprint density at radius 2 is 1.75 bits per heavy atom. The first-order valence-corrected chi connectivity index (χ1v) is 2.49. The van der Waals surface area contributed by atoms with Crippen molar-refractivity contribution in [1.29, 1.82) is 0 Å². The zero-order valence-corrected chi connectivity index (χ0v) is 5.82. The van der Waals surface area contributed by atoms with E-state index in [0.29, 0.717) is 12.2 Å². The van der Waals surface area contributed by atoms with Gasteiger partial charge >= 0.3 is 7.12 Å². The Morgan fingerprint density at radius 1 is 1.38 bits per heavy atom. The van der Waals surface area contributed by atoms with Crippen molar-refractivity contribution in [3.05, 3.63) is 0 Å². The molecule has 0 rings (SSSR count). The maximum absolute atomic E-state index is 8.28. The molecule has 0 aliphatic carbocycles. The van der Waals surface area contributed by atoms with Crippen LogP contribution in [0.4, 0.5) is 0 Å². The maximum Gasteiger partial charge on any atom is 0.451 e. The molecule has 0 aliphatic rings. The van der Waals surface area contributed by atoms with Gasteiger partial charge in [-0.05, 0) is 12.2 Å². The van der Waals surface area contributed by atoms with Crippen molar-refractivity contribution in [2.45, 2.75) is 20.2 Å². The Kier molecular flexibility index (Phi) is 9.53. The first kappa shape index (κ1) is 12.0. The standard InChI is InChI=1S/C4H11BO2.Ar/c1-4(2)3-5(6)7;/h4,6-7H,3H2,1-2H3;. The van der Waals surface area contributed by atoms with Crippen LogP contribution in [0.3, 0.4) is 0 Å². The molecule has 0 bridgehead atoms. The third kappa shape index (κ3) is 10.3. The Hall–Kier alpha value is 1.24. The molecule has 0 saturated heterocycles. The molecule has 4 heteroatoms. The molecule has 0 heterocycles. The summed E-state index contributed by atoms with van der Waals surface area (Å²) in [5.74, 6) is 0.375. The topological polar surface area (TPSA) is 40.5 Å². The smallest absolute Gasteiger partial charge is 0.427 e. The molecule has 0 spiro atoms. The summed E-state index contributed by atoms with van der Waals surface area (Å²) in [6.45, 7) is 3.89. The van der Waals surface area contributed by atoms with Crippen LogP contribution in [0.2, 0.25) is 6.32 Å². The van der Waals surface area contributed by atoms with Crippen LogP contribution >= 0.6 is 0 Å². The summed E-state index contributed by atoms with van der Waals surface area (Å²) in [7, 11) is -1.13. The van der Waals surface area contributed by atoms with E-state index in [9.17, 15) is 0 Å². The van der Waals surface area contributed by atoms with Crippen LogP contribution in [-0.2, 0) is 0 Å². The maximum atomic E-state index is 8.28. The SMILES string of the molecule is CC(C)CB(O)O.[Ar]. The van der Waals surface area contributed by atoms with Crippen molar-refractivity contribution in [2.24, 2.45) is 5.92 Å². The van der Waals surface area contributed by atoms with E-state index in [1.54, 1.807) is 0 Å². The summed E-state index contributed by atoms with van der Waals surface area (Å²) < 4.78 is 0. The molecule has 0 atom stereocenters. The summed E-state index contributed by atoms with van der Waals surface area (Å²) in [6.07, 6.45) is 0.472. The van der Waals surface area contributed by atoms with Crippen molar-refractivity contribution in [1.82, 2.24) is 0 Å². The van der Waals surface area contributed by atoms with E-state index >= 15 is 0 Å². The molecule has 0 amide bonds. The molecule has 0 fully saturated rings. The first-order chi connectivity index (χ1) is 3.13. The van der Waals surface area contributed by atoms with E-state index in [2.05, 4.69) is 0 Å². The molecular formula is C4H11ArBO2. The van der Waals surface area contributed by atoms with Crippen molar-refractivity contribution < 1.29 is 47.8 Å². The van der Waals surface area contributed by atoms with Gasteiger partial charge in [0.25, 0.3) is 0 Å². The van der Waals surface area contributed by atoms with Gasteiger partial charge < -0.3 is 10.0 Å². The van der Waals surface area contributed by atoms with Gasteiger partial charge in [0.2, 0.25) is 0 Å². The predicted molar refractivity (Wildman–Crippen MR) is 29.8 cm³/mol. The Labute approximate surface area is 80.4 Å². The van der Waals surface area contributed by atoms with E-state index < -0.39 is 7.12 Å².